The molecular weight excluding hydrogens is 228 g/mol. The summed E-state index contributed by atoms with van der Waals surface area (Å²) in [5.74, 6) is 0.427. The Bertz CT molecular complexity index is 238. The number of rotatable bonds is 6. The molecule has 0 aliphatic heterocycles. The Morgan fingerprint density at radius 2 is 1.69 bits per heavy atom. The fourth-order valence-corrected chi connectivity index (χ4v) is 1.16. The van der Waals surface area contributed by atoms with Crippen LogP contribution in [0.2, 0.25) is 0 Å². The zero-order valence-electron chi connectivity index (χ0n) is 10.4. The Balaban J connectivity index is 3.67. The van der Waals surface area contributed by atoms with Crippen molar-refractivity contribution < 1.29 is 19.1 Å². The third-order valence-electron chi connectivity index (χ3n) is 2.24. The van der Waals surface area contributed by atoms with Crippen LogP contribution in [0.3, 0.4) is 0 Å². The quantitative estimate of drug-likeness (QED) is 0.534. The van der Waals surface area contributed by atoms with E-state index in [0.29, 0.717) is 5.75 Å². The molecule has 94 valence electrons. The largest absolute Gasteiger partial charge is 0.462 e. The summed E-state index contributed by atoms with van der Waals surface area (Å²) in [5, 5.41) is -0.326. The normalized spacial score (nSPS) is 11.0. The molecule has 4 nitrogen and oxygen atoms in total. The van der Waals surface area contributed by atoms with Gasteiger partial charge in [0.05, 0.1) is 5.41 Å². The lowest BCUT2D eigenvalue weighted by atomic mass is 9.91. The van der Waals surface area contributed by atoms with Crippen LogP contribution in [0.25, 0.3) is 0 Å². The van der Waals surface area contributed by atoms with Crippen molar-refractivity contribution in [2.75, 3.05) is 19.0 Å². The molecule has 0 unspecified atom stereocenters. The second-order valence-corrected chi connectivity index (χ2v) is 5.10. The lowest BCUT2D eigenvalue weighted by Gasteiger charge is -2.20. The monoisotopic (exact) mass is 248 g/mol. The summed E-state index contributed by atoms with van der Waals surface area (Å²) in [6.45, 7) is 7.70. The Hall–Kier alpha value is -0.710. The summed E-state index contributed by atoms with van der Waals surface area (Å²) in [6, 6.07) is 0. The van der Waals surface area contributed by atoms with Gasteiger partial charge in [-0.15, -0.1) is 0 Å². The van der Waals surface area contributed by atoms with Crippen LogP contribution in [-0.2, 0) is 14.3 Å². The van der Waals surface area contributed by atoms with E-state index in [0.717, 1.165) is 18.2 Å². The van der Waals surface area contributed by atoms with Crippen LogP contribution in [0.1, 0.15) is 34.1 Å². The molecule has 0 aliphatic rings. The van der Waals surface area contributed by atoms with Crippen molar-refractivity contribution in [1.29, 1.82) is 0 Å². The highest BCUT2D eigenvalue weighted by Crippen LogP contribution is 2.21. The maximum atomic E-state index is 11.5. The average molecular weight is 248 g/mol. The molecular formula is C11H20O4S. The summed E-state index contributed by atoms with van der Waals surface area (Å²) in [4.78, 5) is 22.4. The molecule has 0 saturated heterocycles. The molecule has 0 bridgehead atoms. The molecule has 16 heavy (non-hydrogen) atoms. The number of thioether (sulfide) groups is 1. The van der Waals surface area contributed by atoms with Gasteiger partial charge in [-0.3, -0.25) is 4.79 Å². The first-order chi connectivity index (χ1) is 7.44. The molecule has 0 atom stereocenters. The van der Waals surface area contributed by atoms with Crippen LogP contribution in [0, 0.1) is 5.41 Å². The minimum atomic E-state index is -0.470. The van der Waals surface area contributed by atoms with Crippen molar-refractivity contribution in [2.24, 2.45) is 5.41 Å². The molecule has 0 spiro atoms. The fourth-order valence-electron chi connectivity index (χ4n) is 0.759. The highest BCUT2D eigenvalue weighted by molar-refractivity contribution is 8.13. The van der Waals surface area contributed by atoms with Crippen LogP contribution in [0.15, 0.2) is 0 Å². The van der Waals surface area contributed by atoms with E-state index in [4.69, 9.17) is 9.47 Å². The maximum absolute atomic E-state index is 11.5. The predicted octanol–water partition coefficient (Wildman–Crippen LogP) is 2.86. The number of ether oxygens (including phenoxy) is 2. The van der Waals surface area contributed by atoms with E-state index >= 15 is 0 Å². The molecule has 0 rings (SSSR count). The molecule has 0 radical (unpaired) electrons. The minimum absolute atomic E-state index is 0.122. The first kappa shape index (κ1) is 15.3. The summed E-state index contributed by atoms with van der Waals surface area (Å²) in [6.07, 6.45) is 0.720. The Morgan fingerprint density at radius 3 is 2.19 bits per heavy atom. The molecule has 0 aromatic heterocycles. The Labute approximate surface area is 101 Å². The van der Waals surface area contributed by atoms with Crippen LogP contribution in [-0.4, -0.2) is 30.2 Å². The molecule has 0 aromatic rings. The topological polar surface area (TPSA) is 52.6 Å². The van der Waals surface area contributed by atoms with E-state index in [1.807, 2.05) is 27.7 Å². The Morgan fingerprint density at radius 1 is 1.12 bits per heavy atom. The standard InChI is InChI=1S/C11H20O4S/c1-5-11(3,4)9(12)14-7-8-15-10(13)16-6-2/h5-8H2,1-4H3. The van der Waals surface area contributed by atoms with Gasteiger partial charge in [0, 0.05) is 5.75 Å². The molecule has 0 aliphatic carbocycles. The van der Waals surface area contributed by atoms with E-state index < -0.39 is 5.41 Å². The van der Waals surface area contributed by atoms with Crippen molar-refractivity contribution in [3.63, 3.8) is 0 Å². The molecule has 0 N–H and O–H groups in total. The van der Waals surface area contributed by atoms with Crippen LogP contribution in [0.5, 0.6) is 0 Å². The smallest absolute Gasteiger partial charge is 0.367 e. The van der Waals surface area contributed by atoms with E-state index in [2.05, 4.69) is 0 Å². The Kier molecular flexibility index (Phi) is 7.21. The highest BCUT2D eigenvalue weighted by Gasteiger charge is 2.26. The summed E-state index contributed by atoms with van der Waals surface area (Å²) >= 11 is 1.10. The predicted molar refractivity (Wildman–Crippen MR) is 64.5 cm³/mol. The van der Waals surface area contributed by atoms with Gasteiger partial charge in [0.15, 0.2) is 0 Å². The second-order valence-electron chi connectivity index (χ2n) is 3.90. The van der Waals surface area contributed by atoms with Gasteiger partial charge >= 0.3 is 11.3 Å². The summed E-state index contributed by atoms with van der Waals surface area (Å²) < 4.78 is 9.83. The molecule has 5 heteroatoms. The zero-order valence-corrected chi connectivity index (χ0v) is 11.2. The molecule has 0 aromatic carbocycles. The first-order valence-corrected chi connectivity index (χ1v) is 6.39. The van der Waals surface area contributed by atoms with Crippen molar-refractivity contribution in [2.45, 2.75) is 34.1 Å². The lowest BCUT2D eigenvalue weighted by molar-refractivity contribution is -0.155. The van der Waals surface area contributed by atoms with Gasteiger partial charge in [-0.2, -0.15) is 0 Å². The van der Waals surface area contributed by atoms with Gasteiger partial charge in [-0.1, -0.05) is 13.8 Å². The zero-order chi connectivity index (χ0) is 12.6. The number of esters is 1. The van der Waals surface area contributed by atoms with Crippen molar-refractivity contribution in [3.8, 4) is 0 Å². The first-order valence-electron chi connectivity index (χ1n) is 5.40. The van der Waals surface area contributed by atoms with Crippen LogP contribution >= 0.6 is 11.8 Å². The molecule has 0 heterocycles. The minimum Gasteiger partial charge on any atom is -0.462 e. The van der Waals surface area contributed by atoms with Gasteiger partial charge in [-0.25, -0.2) is 4.79 Å². The number of carbonyl (C=O) groups excluding carboxylic acids is 2. The van der Waals surface area contributed by atoms with E-state index in [1.54, 1.807) is 0 Å². The fraction of sp³-hybridized carbons (Fsp3) is 0.818. The summed E-state index contributed by atoms with van der Waals surface area (Å²) in [5.41, 5.74) is -0.470. The third-order valence-corrected chi connectivity index (χ3v) is 2.88. The van der Waals surface area contributed by atoms with Gasteiger partial charge in [0.25, 0.3) is 0 Å². The van der Waals surface area contributed by atoms with Gasteiger partial charge in [0.1, 0.15) is 13.2 Å². The van der Waals surface area contributed by atoms with Crippen molar-refractivity contribution in [3.05, 3.63) is 0 Å². The lowest BCUT2D eigenvalue weighted by Crippen LogP contribution is -2.27. The molecule has 0 amide bonds. The van der Waals surface area contributed by atoms with E-state index in [-0.39, 0.29) is 24.5 Å². The number of hydrogen-bond acceptors (Lipinski definition) is 5. The number of hydrogen-bond donors (Lipinski definition) is 0. The van der Waals surface area contributed by atoms with E-state index in [1.165, 1.54) is 0 Å². The second kappa shape index (κ2) is 7.54. The average Bonchev–Trinajstić information content (AvgIpc) is 2.24. The van der Waals surface area contributed by atoms with Crippen molar-refractivity contribution in [1.82, 2.24) is 0 Å². The van der Waals surface area contributed by atoms with Crippen LogP contribution < -0.4 is 0 Å². The third kappa shape index (κ3) is 6.00. The maximum Gasteiger partial charge on any atom is 0.367 e. The van der Waals surface area contributed by atoms with Crippen LogP contribution in [0.4, 0.5) is 4.79 Å². The highest BCUT2D eigenvalue weighted by atomic mass is 32.2. The molecule has 0 saturated carbocycles. The molecule has 0 fully saturated rings. The SMILES string of the molecule is CCSC(=O)OCCOC(=O)C(C)(C)CC. The number of carbonyl (C=O) groups is 2. The van der Waals surface area contributed by atoms with Gasteiger partial charge < -0.3 is 9.47 Å². The van der Waals surface area contributed by atoms with Gasteiger partial charge in [-0.05, 0) is 32.0 Å². The van der Waals surface area contributed by atoms with E-state index in [9.17, 15) is 9.59 Å². The van der Waals surface area contributed by atoms with Gasteiger partial charge in [0.2, 0.25) is 0 Å². The summed E-state index contributed by atoms with van der Waals surface area (Å²) in [7, 11) is 0. The van der Waals surface area contributed by atoms with Crippen molar-refractivity contribution >= 4 is 23.0 Å².